The second kappa shape index (κ2) is 3.08. The highest BCUT2D eigenvalue weighted by Crippen LogP contribution is 2.25. The highest BCUT2D eigenvalue weighted by atomic mass is 32.1. The van der Waals surface area contributed by atoms with E-state index in [1.807, 2.05) is 18.4 Å². The molecule has 0 radical (unpaired) electrons. The second-order valence-corrected chi connectivity index (χ2v) is 4.22. The van der Waals surface area contributed by atoms with Crippen LogP contribution in [0.4, 0.5) is 0 Å². The van der Waals surface area contributed by atoms with Crippen LogP contribution in [0.2, 0.25) is 0 Å². The average molecular weight is 212 g/mol. The van der Waals surface area contributed by atoms with Gasteiger partial charge in [0.25, 0.3) is 5.91 Å². The van der Waals surface area contributed by atoms with Crippen molar-refractivity contribution in [2.75, 3.05) is 0 Å². The first kappa shape index (κ1) is 8.65. The normalized spacial score (nSPS) is 21.5. The first-order chi connectivity index (χ1) is 6.18. The van der Waals surface area contributed by atoms with Crippen LogP contribution in [0.5, 0.6) is 0 Å². The lowest BCUT2D eigenvalue weighted by Crippen LogP contribution is -2.21. The summed E-state index contributed by atoms with van der Waals surface area (Å²) in [5.41, 5.74) is 1.13. The molecule has 2 N–H and O–H groups in total. The van der Waals surface area contributed by atoms with E-state index in [9.17, 15) is 4.79 Å². The number of carbonyl (C=O) groups excluding carboxylic acids is 1. The maximum Gasteiger partial charge on any atom is 0.254 e. The molecule has 68 valence electrons. The zero-order chi connectivity index (χ0) is 9.42. The Bertz CT molecular complexity index is 372. The summed E-state index contributed by atoms with van der Waals surface area (Å²) in [5, 5.41) is 7.89. The Hall–Kier alpha value is -0.940. The van der Waals surface area contributed by atoms with E-state index in [1.54, 1.807) is 11.3 Å². The number of hydrogen-bond acceptors (Lipinski definition) is 3. The molecular weight excluding hydrogens is 204 g/mol. The van der Waals surface area contributed by atoms with Gasteiger partial charge in [-0.05, 0) is 36.2 Å². The molecule has 1 aliphatic heterocycles. The Kier molecular flexibility index (Phi) is 2.05. The minimum Gasteiger partial charge on any atom is -0.346 e. The third-order valence-corrected chi connectivity index (χ3v) is 3.24. The van der Waals surface area contributed by atoms with Gasteiger partial charge in [-0.1, -0.05) is 0 Å². The van der Waals surface area contributed by atoms with E-state index in [0.717, 1.165) is 10.4 Å². The lowest BCUT2D eigenvalue weighted by atomic mass is 10.2. The van der Waals surface area contributed by atoms with Gasteiger partial charge >= 0.3 is 0 Å². The number of amides is 1. The van der Waals surface area contributed by atoms with Crippen LogP contribution in [-0.4, -0.2) is 11.0 Å². The molecule has 5 heteroatoms. The first-order valence-electron chi connectivity index (χ1n) is 3.84. The quantitative estimate of drug-likeness (QED) is 0.685. The lowest BCUT2D eigenvalue weighted by molar-refractivity contribution is -0.120. The number of hydrogen-bond donors (Lipinski definition) is 2. The van der Waals surface area contributed by atoms with Gasteiger partial charge in [0, 0.05) is 4.88 Å². The smallest absolute Gasteiger partial charge is 0.254 e. The summed E-state index contributed by atoms with van der Waals surface area (Å²) >= 11 is 6.42. The fraction of sp³-hybridized carbons (Fsp3) is 0.250. The van der Waals surface area contributed by atoms with Crippen LogP contribution in [-0.2, 0) is 4.79 Å². The molecule has 2 rings (SSSR count). The van der Waals surface area contributed by atoms with Gasteiger partial charge in [0.1, 0.15) is 6.04 Å². The van der Waals surface area contributed by atoms with E-state index >= 15 is 0 Å². The van der Waals surface area contributed by atoms with E-state index in [4.69, 9.17) is 12.2 Å². The van der Waals surface area contributed by atoms with Gasteiger partial charge in [-0.15, -0.1) is 11.3 Å². The Morgan fingerprint density at radius 1 is 1.62 bits per heavy atom. The van der Waals surface area contributed by atoms with Crippen molar-refractivity contribution in [1.29, 1.82) is 0 Å². The predicted octanol–water partition coefficient (Wildman–Crippen LogP) is 1.10. The Morgan fingerprint density at radius 2 is 2.38 bits per heavy atom. The molecule has 2 heterocycles. The molecule has 1 fully saturated rings. The number of rotatable bonds is 1. The SMILES string of the molecule is Cc1ccsc1C1NC(=S)NC1=O. The molecule has 1 aromatic heterocycles. The summed E-state index contributed by atoms with van der Waals surface area (Å²) in [4.78, 5) is 12.4. The van der Waals surface area contributed by atoms with E-state index in [2.05, 4.69) is 10.6 Å². The molecule has 13 heavy (non-hydrogen) atoms. The van der Waals surface area contributed by atoms with Crippen LogP contribution in [0.15, 0.2) is 11.4 Å². The third kappa shape index (κ3) is 1.45. The second-order valence-electron chi connectivity index (χ2n) is 2.86. The van der Waals surface area contributed by atoms with Crippen LogP contribution < -0.4 is 10.6 Å². The summed E-state index contributed by atoms with van der Waals surface area (Å²) in [6, 6.07) is 1.71. The van der Waals surface area contributed by atoms with Crippen molar-refractivity contribution < 1.29 is 4.79 Å². The van der Waals surface area contributed by atoms with Gasteiger partial charge in [0.2, 0.25) is 0 Å². The van der Waals surface area contributed by atoms with Crippen LogP contribution in [0.25, 0.3) is 0 Å². The van der Waals surface area contributed by atoms with Crippen molar-refractivity contribution >= 4 is 34.6 Å². The maximum absolute atomic E-state index is 11.4. The molecule has 0 bridgehead atoms. The topological polar surface area (TPSA) is 41.1 Å². The average Bonchev–Trinajstić information content (AvgIpc) is 2.58. The molecule has 3 nitrogen and oxygen atoms in total. The van der Waals surface area contributed by atoms with E-state index < -0.39 is 0 Å². The van der Waals surface area contributed by atoms with Crippen molar-refractivity contribution in [3.63, 3.8) is 0 Å². The first-order valence-corrected chi connectivity index (χ1v) is 5.12. The summed E-state index contributed by atoms with van der Waals surface area (Å²) in [6.07, 6.45) is 0. The number of carbonyl (C=O) groups is 1. The molecule has 1 saturated heterocycles. The minimum absolute atomic E-state index is 0.0597. The van der Waals surface area contributed by atoms with E-state index in [0.29, 0.717) is 5.11 Å². The molecule has 0 saturated carbocycles. The van der Waals surface area contributed by atoms with Gasteiger partial charge in [-0.25, -0.2) is 0 Å². The fourth-order valence-corrected chi connectivity index (χ4v) is 2.47. The molecule has 1 aromatic rings. The Labute approximate surface area is 85.1 Å². The van der Waals surface area contributed by atoms with Crippen molar-refractivity contribution in [2.45, 2.75) is 13.0 Å². The van der Waals surface area contributed by atoms with Gasteiger partial charge in [0.15, 0.2) is 5.11 Å². The molecule has 0 aliphatic carbocycles. The van der Waals surface area contributed by atoms with E-state index in [1.165, 1.54) is 0 Å². The van der Waals surface area contributed by atoms with Gasteiger partial charge < -0.3 is 10.6 Å². The standard InChI is InChI=1S/C8H8N2OS2/c1-4-2-3-13-6(4)5-7(11)10-8(12)9-5/h2-3,5H,1H3,(H2,9,10,11,12). The van der Waals surface area contributed by atoms with Gasteiger partial charge in [0.05, 0.1) is 0 Å². The highest BCUT2D eigenvalue weighted by molar-refractivity contribution is 7.80. The van der Waals surface area contributed by atoms with Gasteiger partial charge in [-0.3, -0.25) is 4.79 Å². The Balaban J connectivity index is 2.32. The lowest BCUT2D eigenvalue weighted by Gasteiger charge is -2.05. The number of aryl methyl sites for hydroxylation is 1. The number of thiocarbonyl (C=S) groups is 1. The van der Waals surface area contributed by atoms with Crippen molar-refractivity contribution in [3.8, 4) is 0 Å². The van der Waals surface area contributed by atoms with Crippen molar-refractivity contribution in [3.05, 3.63) is 21.9 Å². The Morgan fingerprint density at radius 3 is 2.85 bits per heavy atom. The number of thiophene rings is 1. The molecule has 1 atom stereocenters. The summed E-state index contributed by atoms with van der Waals surface area (Å²) in [6.45, 7) is 1.99. The predicted molar refractivity (Wildman–Crippen MR) is 55.7 cm³/mol. The molecular formula is C8H8N2OS2. The largest absolute Gasteiger partial charge is 0.346 e. The zero-order valence-electron chi connectivity index (χ0n) is 6.96. The molecule has 0 aromatic carbocycles. The highest BCUT2D eigenvalue weighted by Gasteiger charge is 2.30. The molecule has 0 spiro atoms. The summed E-state index contributed by atoms with van der Waals surface area (Å²) < 4.78 is 0. The maximum atomic E-state index is 11.4. The van der Waals surface area contributed by atoms with Crippen molar-refractivity contribution in [1.82, 2.24) is 10.6 Å². The molecule has 1 amide bonds. The summed E-state index contributed by atoms with van der Waals surface area (Å²) in [5.74, 6) is -0.0597. The van der Waals surface area contributed by atoms with Crippen LogP contribution in [0.3, 0.4) is 0 Å². The monoisotopic (exact) mass is 212 g/mol. The zero-order valence-corrected chi connectivity index (χ0v) is 8.59. The van der Waals surface area contributed by atoms with Crippen LogP contribution in [0, 0.1) is 6.92 Å². The van der Waals surface area contributed by atoms with Crippen LogP contribution >= 0.6 is 23.6 Å². The third-order valence-electron chi connectivity index (χ3n) is 1.94. The molecule has 1 unspecified atom stereocenters. The minimum atomic E-state index is -0.285. The van der Waals surface area contributed by atoms with Gasteiger partial charge in [-0.2, -0.15) is 0 Å². The van der Waals surface area contributed by atoms with Crippen LogP contribution in [0.1, 0.15) is 16.5 Å². The number of nitrogens with one attached hydrogen (secondary N) is 2. The van der Waals surface area contributed by atoms with E-state index in [-0.39, 0.29) is 11.9 Å². The fourth-order valence-electron chi connectivity index (χ4n) is 1.28. The molecule has 1 aliphatic rings. The summed E-state index contributed by atoms with van der Waals surface area (Å²) in [7, 11) is 0. The van der Waals surface area contributed by atoms with Crippen molar-refractivity contribution in [2.24, 2.45) is 0 Å².